The number of fused-ring (bicyclic) bond motifs is 1. The summed E-state index contributed by atoms with van der Waals surface area (Å²) in [5.74, 6) is 1.52. The first kappa shape index (κ1) is 16.4. The molecule has 5 heteroatoms. The van der Waals surface area contributed by atoms with E-state index in [0.717, 1.165) is 15.7 Å². The number of hydrogen-bond donors (Lipinski definition) is 0. The fourth-order valence-corrected chi connectivity index (χ4v) is 5.48. The quantitative estimate of drug-likeness (QED) is 0.755. The highest BCUT2D eigenvalue weighted by Gasteiger charge is 2.43. The molecule has 0 N–H and O–H groups in total. The number of halogens is 1. The number of likely N-dealkylation sites (tertiary alicyclic amines) is 1. The molecule has 4 rings (SSSR count). The lowest BCUT2D eigenvalue weighted by atomic mass is 9.67. The van der Waals surface area contributed by atoms with Crippen LogP contribution in [0.3, 0.4) is 0 Å². The molecule has 1 saturated carbocycles. The Morgan fingerprint density at radius 1 is 1.33 bits per heavy atom. The molecule has 2 aliphatic rings. The summed E-state index contributed by atoms with van der Waals surface area (Å²) in [7, 11) is 3.96. The van der Waals surface area contributed by atoms with E-state index in [0.29, 0.717) is 17.4 Å². The minimum atomic E-state index is 0.513. The summed E-state index contributed by atoms with van der Waals surface area (Å²) in [4.78, 5) is 2.50. The molecule has 1 spiro atoms. The molecule has 24 heavy (non-hydrogen) atoms. The lowest BCUT2D eigenvalue weighted by Gasteiger charge is -2.41. The third-order valence-corrected chi connectivity index (χ3v) is 6.77. The normalized spacial score (nSPS) is 31.2. The number of methoxy groups -OCH3 is 1. The van der Waals surface area contributed by atoms with Gasteiger partial charge in [-0.3, -0.25) is 4.68 Å². The Labute approximate surface area is 152 Å². The summed E-state index contributed by atoms with van der Waals surface area (Å²) < 4.78 is 8.60. The van der Waals surface area contributed by atoms with Gasteiger partial charge in [-0.25, -0.2) is 0 Å². The molecule has 0 bridgehead atoms. The molecule has 0 amide bonds. The Morgan fingerprint density at radius 2 is 2.17 bits per heavy atom. The molecule has 1 aromatic heterocycles. The summed E-state index contributed by atoms with van der Waals surface area (Å²) >= 11 is 3.57. The third-order valence-electron chi connectivity index (χ3n) is 6.15. The first-order chi connectivity index (χ1) is 11.5. The molecule has 3 atom stereocenters. The lowest BCUT2D eigenvalue weighted by Crippen LogP contribution is -2.35. The van der Waals surface area contributed by atoms with Crippen LogP contribution in [0.2, 0.25) is 0 Å². The molecule has 0 radical (unpaired) electrons. The first-order valence-electron chi connectivity index (χ1n) is 8.91. The third kappa shape index (κ3) is 2.76. The molecule has 2 aromatic rings. The monoisotopic (exact) mass is 391 g/mol. The number of rotatable bonds is 2. The van der Waals surface area contributed by atoms with Gasteiger partial charge in [-0.2, -0.15) is 5.10 Å². The number of nitrogens with zero attached hydrogens (tertiary/aromatic N) is 3. The Bertz CT molecular complexity index is 758. The van der Waals surface area contributed by atoms with Crippen molar-refractivity contribution < 1.29 is 4.74 Å². The van der Waals surface area contributed by atoms with E-state index in [4.69, 9.17) is 9.84 Å². The molecule has 1 saturated heterocycles. The van der Waals surface area contributed by atoms with Crippen LogP contribution in [0.15, 0.2) is 22.8 Å². The van der Waals surface area contributed by atoms with E-state index in [2.05, 4.69) is 51.7 Å². The summed E-state index contributed by atoms with van der Waals surface area (Å²) in [6.07, 6.45) is 7.47. The molecule has 2 fully saturated rings. The van der Waals surface area contributed by atoms with Gasteiger partial charge in [-0.05, 0) is 72.6 Å². The highest BCUT2D eigenvalue weighted by molar-refractivity contribution is 9.10. The summed E-state index contributed by atoms with van der Waals surface area (Å²) in [5, 5.41) is 6.05. The minimum absolute atomic E-state index is 0.513. The zero-order chi connectivity index (χ0) is 16.9. The van der Waals surface area contributed by atoms with E-state index < -0.39 is 0 Å². The maximum atomic E-state index is 5.40. The molecule has 2 heterocycles. The molecule has 1 aromatic carbocycles. The minimum Gasteiger partial charge on any atom is -0.495 e. The van der Waals surface area contributed by atoms with Crippen molar-refractivity contribution in [3.8, 4) is 5.75 Å². The topological polar surface area (TPSA) is 30.3 Å². The van der Waals surface area contributed by atoms with Crippen molar-refractivity contribution in [3.05, 3.63) is 22.8 Å². The SMILES string of the molecule is COc1cc2nn([C@H]3CC[C@]4(CCN(C)C4)C[C@@H]3C)cc2cc1Br. The fraction of sp³-hybridized carbons (Fsp3) is 0.632. The van der Waals surface area contributed by atoms with Gasteiger partial charge >= 0.3 is 0 Å². The highest BCUT2D eigenvalue weighted by atomic mass is 79.9. The Hall–Kier alpha value is -1.07. The van der Waals surface area contributed by atoms with Crippen molar-refractivity contribution >= 4 is 26.8 Å². The van der Waals surface area contributed by atoms with Crippen LogP contribution in [0.25, 0.3) is 10.9 Å². The van der Waals surface area contributed by atoms with E-state index in [9.17, 15) is 0 Å². The van der Waals surface area contributed by atoms with Crippen molar-refractivity contribution in [2.45, 2.75) is 38.6 Å². The van der Waals surface area contributed by atoms with Crippen LogP contribution < -0.4 is 4.74 Å². The second-order valence-corrected chi connectivity index (χ2v) is 8.78. The van der Waals surface area contributed by atoms with E-state index in [-0.39, 0.29) is 0 Å². The maximum absolute atomic E-state index is 5.40. The van der Waals surface area contributed by atoms with E-state index in [1.165, 1.54) is 44.2 Å². The predicted molar refractivity (Wildman–Crippen MR) is 101 cm³/mol. The van der Waals surface area contributed by atoms with Crippen molar-refractivity contribution in [2.75, 3.05) is 27.2 Å². The van der Waals surface area contributed by atoms with Crippen LogP contribution >= 0.6 is 15.9 Å². The van der Waals surface area contributed by atoms with Gasteiger partial charge in [0.05, 0.1) is 23.1 Å². The Morgan fingerprint density at radius 3 is 2.83 bits per heavy atom. The van der Waals surface area contributed by atoms with Crippen LogP contribution in [-0.4, -0.2) is 41.9 Å². The highest BCUT2D eigenvalue weighted by Crippen LogP contribution is 2.49. The van der Waals surface area contributed by atoms with Crippen LogP contribution in [0, 0.1) is 11.3 Å². The van der Waals surface area contributed by atoms with Gasteiger partial charge in [0.25, 0.3) is 0 Å². The molecular formula is C19H26BrN3O. The maximum Gasteiger partial charge on any atom is 0.135 e. The summed E-state index contributed by atoms with van der Waals surface area (Å²) in [6.45, 7) is 4.94. The van der Waals surface area contributed by atoms with Gasteiger partial charge in [0.2, 0.25) is 0 Å². The summed E-state index contributed by atoms with van der Waals surface area (Å²) in [6, 6.07) is 4.65. The smallest absolute Gasteiger partial charge is 0.135 e. The van der Waals surface area contributed by atoms with Gasteiger partial charge in [0.15, 0.2) is 0 Å². The van der Waals surface area contributed by atoms with Crippen LogP contribution in [-0.2, 0) is 0 Å². The van der Waals surface area contributed by atoms with E-state index in [1.54, 1.807) is 7.11 Å². The second kappa shape index (κ2) is 6.03. The number of aromatic nitrogens is 2. The van der Waals surface area contributed by atoms with Gasteiger partial charge in [0, 0.05) is 24.2 Å². The predicted octanol–water partition coefficient (Wildman–Crippen LogP) is 4.49. The average Bonchev–Trinajstić information content (AvgIpc) is 3.10. The summed E-state index contributed by atoms with van der Waals surface area (Å²) in [5.41, 5.74) is 1.58. The zero-order valence-electron chi connectivity index (χ0n) is 14.8. The fourth-order valence-electron chi connectivity index (χ4n) is 4.95. The average molecular weight is 392 g/mol. The molecule has 0 unspecified atom stereocenters. The van der Waals surface area contributed by atoms with Crippen molar-refractivity contribution in [1.82, 2.24) is 14.7 Å². The van der Waals surface area contributed by atoms with Crippen LogP contribution in [0.4, 0.5) is 0 Å². The largest absolute Gasteiger partial charge is 0.495 e. The van der Waals surface area contributed by atoms with Crippen molar-refractivity contribution in [3.63, 3.8) is 0 Å². The lowest BCUT2D eigenvalue weighted by molar-refractivity contribution is 0.102. The second-order valence-electron chi connectivity index (χ2n) is 7.93. The van der Waals surface area contributed by atoms with Gasteiger partial charge in [-0.1, -0.05) is 6.92 Å². The number of ether oxygens (including phenoxy) is 1. The Balaban J connectivity index is 1.59. The zero-order valence-corrected chi connectivity index (χ0v) is 16.3. The van der Waals surface area contributed by atoms with Gasteiger partial charge in [0.1, 0.15) is 5.75 Å². The number of benzene rings is 1. The first-order valence-corrected chi connectivity index (χ1v) is 9.70. The molecule has 1 aliphatic carbocycles. The molecule has 4 nitrogen and oxygen atoms in total. The molecule has 130 valence electrons. The molecular weight excluding hydrogens is 366 g/mol. The van der Waals surface area contributed by atoms with E-state index in [1.807, 2.05) is 6.07 Å². The van der Waals surface area contributed by atoms with Crippen LogP contribution in [0.5, 0.6) is 5.75 Å². The standard InChI is InChI=1S/C19H26BrN3O/c1-13-10-19(6-7-22(2)12-19)5-4-17(13)23-11-14-8-15(20)18(24-3)9-16(14)21-23/h8-9,11,13,17H,4-7,10,12H2,1-3H3/t13-,17-,19-/m0/s1. The van der Waals surface area contributed by atoms with Crippen LogP contribution in [0.1, 0.15) is 38.6 Å². The van der Waals surface area contributed by atoms with Gasteiger partial charge in [-0.15, -0.1) is 0 Å². The van der Waals surface area contributed by atoms with Crippen molar-refractivity contribution in [2.24, 2.45) is 11.3 Å². The molecule has 1 aliphatic heterocycles. The number of hydrogen-bond acceptors (Lipinski definition) is 3. The van der Waals surface area contributed by atoms with E-state index >= 15 is 0 Å². The van der Waals surface area contributed by atoms with Gasteiger partial charge < -0.3 is 9.64 Å². The van der Waals surface area contributed by atoms with Crippen molar-refractivity contribution in [1.29, 1.82) is 0 Å². The Kier molecular flexibility index (Phi) is 4.12.